The fourth-order valence-corrected chi connectivity index (χ4v) is 0.985. The summed E-state index contributed by atoms with van der Waals surface area (Å²) in [5.41, 5.74) is 1.51. The summed E-state index contributed by atoms with van der Waals surface area (Å²) in [6.07, 6.45) is 4.47. The zero-order valence-electron chi connectivity index (χ0n) is 6.79. The van der Waals surface area contributed by atoms with E-state index in [0.717, 1.165) is 25.3 Å². The predicted octanol–water partition coefficient (Wildman–Crippen LogP) is 2.16. The molecule has 3 heteroatoms. The fraction of sp³-hybridized carbons (Fsp3) is 0.333. The molecular formula is C9H12ClNO. The van der Waals surface area contributed by atoms with Gasteiger partial charge in [-0.3, -0.25) is 0 Å². The van der Waals surface area contributed by atoms with Gasteiger partial charge in [-0.15, -0.1) is 0 Å². The monoisotopic (exact) mass is 185 g/mol. The highest BCUT2D eigenvalue weighted by atomic mass is 35.5. The van der Waals surface area contributed by atoms with Gasteiger partial charge in [-0.1, -0.05) is 17.7 Å². The Morgan fingerprint density at radius 3 is 3.17 bits per heavy atom. The largest absolute Gasteiger partial charge is 0.469 e. The summed E-state index contributed by atoms with van der Waals surface area (Å²) in [7, 11) is 0. The molecule has 0 aliphatic heterocycles. The second-order valence-corrected chi connectivity index (χ2v) is 2.65. The Morgan fingerprint density at radius 1 is 1.58 bits per heavy atom. The molecule has 1 rings (SSSR count). The van der Waals surface area contributed by atoms with Crippen molar-refractivity contribution >= 4 is 11.6 Å². The van der Waals surface area contributed by atoms with Crippen molar-refractivity contribution in [2.24, 2.45) is 0 Å². The molecule has 1 aromatic heterocycles. The Morgan fingerprint density at radius 2 is 2.50 bits per heavy atom. The molecule has 0 radical (unpaired) electrons. The number of hydrogen-bond donors (Lipinski definition) is 1. The van der Waals surface area contributed by atoms with Crippen molar-refractivity contribution in [3.05, 3.63) is 35.8 Å². The third-order valence-corrected chi connectivity index (χ3v) is 1.66. The fourth-order valence-electron chi connectivity index (χ4n) is 0.896. The van der Waals surface area contributed by atoms with E-state index < -0.39 is 0 Å². The summed E-state index contributed by atoms with van der Waals surface area (Å²) in [6.45, 7) is 1.72. The number of nitrogens with one attached hydrogen (secondary N) is 1. The van der Waals surface area contributed by atoms with Crippen LogP contribution >= 0.6 is 11.6 Å². The smallest absolute Gasteiger partial charge is 0.105 e. The summed E-state index contributed by atoms with van der Waals surface area (Å²) >= 11 is 5.34. The highest BCUT2D eigenvalue weighted by Crippen LogP contribution is 1.99. The van der Waals surface area contributed by atoms with E-state index in [1.807, 2.05) is 18.2 Å². The van der Waals surface area contributed by atoms with Crippen LogP contribution in [0.5, 0.6) is 0 Å². The van der Waals surface area contributed by atoms with Crippen LogP contribution in [-0.2, 0) is 6.42 Å². The summed E-state index contributed by atoms with van der Waals surface area (Å²) in [5.74, 6) is 1.01. The van der Waals surface area contributed by atoms with Crippen LogP contribution in [0, 0.1) is 0 Å². The first-order valence-electron chi connectivity index (χ1n) is 3.92. The van der Waals surface area contributed by atoms with Gasteiger partial charge in [0.2, 0.25) is 0 Å². The van der Waals surface area contributed by atoms with Crippen molar-refractivity contribution in [3.63, 3.8) is 0 Å². The molecule has 12 heavy (non-hydrogen) atoms. The maximum Gasteiger partial charge on any atom is 0.105 e. The molecule has 0 aromatic carbocycles. The zero-order chi connectivity index (χ0) is 8.65. The lowest BCUT2D eigenvalue weighted by molar-refractivity contribution is 0.502. The van der Waals surface area contributed by atoms with Gasteiger partial charge in [-0.05, 0) is 12.1 Å². The lowest BCUT2D eigenvalue weighted by Gasteiger charge is -1.97. The molecule has 0 spiro atoms. The van der Waals surface area contributed by atoms with Gasteiger partial charge in [0.05, 0.1) is 6.26 Å². The SMILES string of the molecule is Cl/C=C/CNCCc1ccco1. The van der Waals surface area contributed by atoms with Crippen LogP contribution in [0.1, 0.15) is 5.76 Å². The molecule has 2 nitrogen and oxygen atoms in total. The topological polar surface area (TPSA) is 25.2 Å². The zero-order valence-corrected chi connectivity index (χ0v) is 7.55. The molecular weight excluding hydrogens is 174 g/mol. The number of hydrogen-bond acceptors (Lipinski definition) is 2. The van der Waals surface area contributed by atoms with Crippen LogP contribution in [0.4, 0.5) is 0 Å². The van der Waals surface area contributed by atoms with Crippen LogP contribution in [0.15, 0.2) is 34.4 Å². The Balaban J connectivity index is 2.03. The van der Waals surface area contributed by atoms with E-state index in [9.17, 15) is 0 Å². The molecule has 1 heterocycles. The maximum absolute atomic E-state index is 5.34. The average molecular weight is 186 g/mol. The van der Waals surface area contributed by atoms with Crippen LogP contribution in [0.25, 0.3) is 0 Å². The Bertz CT molecular complexity index is 218. The van der Waals surface area contributed by atoms with Crippen LogP contribution < -0.4 is 5.32 Å². The first-order valence-corrected chi connectivity index (χ1v) is 4.35. The summed E-state index contributed by atoms with van der Waals surface area (Å²) in [4.78, 5) is 0. The van der Waals surface area contributed by atoms with Gasteiger partial charge in [-0.25, -0.2) is 0 Å². The Labute approximate surface area is 77.2 Å². The van der Waals surface area contributed by atoms with Gasteiger partial charge in [0.1, 0.15) is 5.76 Å². The van der Waals surface area contributed by atoms with E-state index in [4.69, 9.17) is 16.0 Å². The quantitative estimate of drug-likeness (QED) is 0.712. The molecule has 1 N–H and O–H groups in total. The lowest BCUT2D eigenvalue weighted by atomic mass is 10.3. The van der Waals surface area contributed by atoms with E-state index in [1.54, 1.807) is 6.26 Å². The van der Waals surface area contributed by atoms with Crippen LogP contribution in [0.3, 0.4) is 0 Å². The summed E-state index contributed by atoms with van der Waals surface area (Å²) in [5, 5.41) is 3.19. The minimum Gasteiger partial charge on any atom is -0.469 e. The highest BCUT2D eigenvalue weighted by molar-refractivity contribution is 6.25. The van der Waals surface area contributed by atoms with E-state index in [1.165, 1.54) is 5.54 Å². The van der Waals surface area contributed by atoms with E-state index in [-0.39, 0.29) is 0 Å². The van der Waals surface area contributed by atoms with Gasteiger partial charge < -0.3 is 9.73 Å². The summed E-state index contributed by atoms with van der Waals surface area (Å²) < 4.78 is 5.16. The van der Waals surface area contributed by atoms with Gasteiger partial charge in [0.25, 0.3) is 0 Å². The molecule has 0 saturated carbocycles. The molecule has 0 aliphatic carbocycles. The molecule has 0 bridgehead atoms. The van der Waals surface area contributed by atoms with Gasteiger partial charge in [0, 0.05) is 25.0 Å². The predicted molar refractivity (Wildman–Crippen MR) is 50.3 cm³/mol. The molecule has 0 saturated heterocycles. The first kappa shape index (κ1) is 9.36. The molecule has 0 aliphatic rings. The minimum absolute atomic E-state index is 0.810. The minimum atomic E-state index is 0.810. The molecule has 0 amide bonds. The number of rotatable bonds is 5. The summed E-state index contributed by atoms with van der Waals surface area (Å²) in [6, 6.07) is 3.87. The van der Waals surface area contributed by atoms with Crippen molar-refractivity contribution in [1.29, 1.82) is 0 Å². The van der Waals surface area contributed by atoms with Gasteiger partial charge >= 0.3 is 0 Å². The third kappa shape index (κ3) is 3.60. The molecule has 1 aromatic rings. The lowest BCUT2D eigenvalue weighted by Crippen LogP contribution is -2.16. The normalized spacial score (nSPS) is 11.1. The second kappa shape index (κ2) is 5.86. The van der Waals surface area contributed by atoms with E-state index in [2.05, 4.69) is 5.32 Å². The van der Waals surface area contributed by atoms with Gasteiger partial charge in [-0.2, -0.15) is 0 Å². The molecule has 66 valence electrons. The van der Waals surface area contributed by atoms with Crippen molar-refractivity contribution in [2.75, 3.05) is 13.1 Å². The Hall–Kier alpha value is -0.730. The van der Waals surface area contributed by atoms with Crippen molar-refractivity contribution in [1.82, 2.24) is 5.32 Å². The standard InChI is InChI=1S/C9H12ClNO/c10-5-2-6-11-7-4-9-3-1-8-12-9/h1-3,5,8,11H,4,6-7H2/b5-2+. The van der Waals surface area contributed by atoms with Crippen molar-refractivity contribution < 1.29 is 4.42 Å². The molecule has 0 unspecified atom stereocenters. The molecule has 0 atom stereocenters. The highest BCUT2D eigenvalue weighted by Gasteiger charge is 1.92. The third-order valence-electron chi connectivity index (χ3n) is 1.48. The maximum atomic E-state index is 5.34. The van der Waals surface area contributed by atoms with Crippen LogP contribution in [-0.4, -0.2) is 13.1 Å². The Kier molecular flexibility index (Phi) is 4.57. The molecule has 0 fully saturated rings. The average Bonchev–Trinajstić information content (AvgIpc) is 2.57. The number of furan rings is 1. The van der Waals surface area contributed by atoms with Crippen molar-refractivity contribution in [3.8, 4) is 0 Å². The van der Waals surface area contributed by atoms with Crippen LogP contribution in [0.2, 0.25) is 0 Å². The van der Waals surface area contributed by atoms with Gasteiger partial charge in [0.15, 0.2) is 0 Å². The number of halogens is 1. The van der Waals surface area contributed by atoms with Crippen molar-refractivity contribution in [2.45, 2.75) is 6.42 Å². The first-order chi connectivity index (χ1) is 5.93. The van der Waals surface area contributed by atoms with E-state index >= 15 is 0 Å². The second-order valence-electron chi connectivity index (χ2n) is 2.40. The van der Waals surface area contributed by atoms with E-state index in [0.29, 0.717) is 0 Å².